The molecule has 0 atom stereocenters. The van der Waals surface area contributed by atoms with E-state index in [2.05, 4.69) is 44.8 Å². The minimum absolute atomic E-state index is 0.103. The van der Waals surface area contributed by atoms with Crippen molar-refractivity contribution in [1.29, 1.82) is 0 Å². The topological polar surface area (TPSA) is 44.4 Å². The first-order valence-electron chi connectivity index (χ1n) is 7.64. The van der Waals surface area contributed by atoms with Gasteiger partial charge in [-0.3, -0.25) is 4.79 Å². The Bertz CT molecular complexity index is 526. The average molecular weight is 352 g/mol. The SMILES string of the molecule is CN(CC(=O)NC1CC1)c1ccc(CNC2CC2)cc1Br. The zero-order chi connectivity index (χ0) is 14.8. The van der Waals surface area contributed by atoms with E-state index in [9.17, 15) is 4.79 Å². The summed E-state index contributed by atoms with van der Waals surface area (Å²) in [4.78, 5) is 13.8. The third kappa shape index (κ3) is 4.45. The summed E-state index contributed by atoms with van der Waals surface area (Å²) in [7, 11) is 1.95. The summed E-state index contributed by atoms with van der Waals surface area (Å²) in [6.07, 6.45) is 4.86. The summed E-state index contributed by atoms with van der Waals surface area (Å²) >= 11 is 3.62. The van der Waals surface area contributed by atoms with Crippen LogP contribution in [0, 0.1) is 0 Å². The average Bonchev–Trinajstić information content (AvgIpc) is 3.31. The number of nitrogens with one attached hydrogen (secondary N) is 2. The fraction of sp³-hybridized carbons (Fsp3) is 0.562. The molecule has 0 unspecified atom stereocenters. The number of amides is 1. The Labute approximate surface area is 134 Å². The van der Waals surface area contributed by atoms with E-state index in [1.165, 1.54) is 18.4 Å². The molecule has 114 valence electrons. The van der Waals surface area contributed by atoms with Gasteiger partial charge in [-0.05, 0) is 59.3 Å². The molecule has 0 spiro atoms. The van der Waals surface area contributed by atoms with Crippen molar-refractivity contribution in [2.24, 2.45) is 0 Å². The first-order chi connectivity index (χ1) is 10.1. The van der Waals surface area contributed by atoms with Gasteiger partial charge in [-0.25, -0.2) is 0 Å². The van der Waals surface area contributed by atoms with Crippen molar-refractivity contribution >= 4 is 27.5 Å². The van der Waals surface area contributed by atoms with Gasteiger partial charge >= 0.3 is 0 Å². The number of halogens is 1. The molecule has 3 rings (SSSR count). The van der Waals surface area contributed by atoms with Crippen LogP contribution in [0.1, 0.15) is 31.2 Å². The Morgan fingerprint density at radius 3 is 2.62 bits per heavy atom. The minimum atomic E-state index is 0.103. The van der Waals surface area contributed by atoms with Gasteiger partial charge in [0.05, 0.1) is 12.2 Å². The minimum Gasteiger partial charge on any atom is -0.364 e. The molecule has 1 aromatic carbocycles. The van der Waals surface area contributed by atoms with Crippen LogP contribution < -0.4 is 15.5 Å². The van der Waals surface area contributed by atoms with Gasteiger partial charge in [0, 0.05) is 30.1 Å². The van der Waals surface area contributed by atoms with Crippen molar-refractivity contribution in [2.45, 2.75) is 44.3 Å². The van der Waals surface area contributed by atoms with Gasteiger partial charge in [0.25, 0.3) is 0 Å². The maximum atomic E-state index is 11.9. The van der Waals surface area contributed by atoms with Crippen LogP contribution in [0.25, 0.3) is 0 Å². The zero-order valence-electron chi connectivity index (χ0n) is 12.4. The van der Waals surface area contributed by atoms with Crippen LogP contribution in [0.15, 0.2) is 22.7 Å². The smallest absolute Gasteiger partial charge is 0.239 e. The molecule has 5 heteroatoms. The monoisotopic (exact) mass is 351 g/mol. The van der Waals surface area contributed by atoms with Crippen molar-refractivity contribution < 1.29 is 4.79 Å². The van der Waals surface area contributed by atoms with Gasteiger partial charge in [0.15, 0.2) is 0 Å². The molecule has 2 fully saturated rings. The van der Waals surface area contributed by atoms with Crippen LogP contribution >= 0.6 is 15.9 Å². The third-order valence-electron chi connectivity index (χ3n) is 3.92. The molecule has 1 amide bonds. The van der Waals surface area contributed by atoms with Crippen LogP contribution in [-0.2, 0) is 11.3 Å². The zero-order valence-corrected chi connectivity index (χ0v) is 13.9. The van der Waals surface area contributed by atoms with E-state index in [4.69, 9.17) is 0 Å². The standard InChI is InChI=1S/C16H22BrN3O/c1-20(10-16(21)19-13-5-6-13)15-7-2-11(8-14(15)17)9-18-12-3-4-12/h2,7-8,12-13,18H,3-6,9-10H2,1H3,(H,19,21). The van der Waals surface area contributed by atoms with Gasteiger partial charge in [0.2, 0.25) is 5.91 Å². The third-order valence-corrected chi connectivity index (χ3v) is 4.55. The molecule has 2 aliphatic carbocycles. The molecule has 2 saturated carbocycles. The quantitative estimate of drug-likeness (QED) is 0.792. The van der Waals surface area contributed by atoms with E-state index in [0.29, 0.717) is 12.6 Å². The van der Waals surface area contributed by atoms with Crippen molar-refractivity contribution in [2.75, 3.05) is 18.5 Å². The van der Waals surface area contributed by atoms with E-state index >= 15 is 0 Å². The van der Waals surface area contributed by atoms with E-state index < -0.39 is 0 Å². The number of hydrogen-bond acceptors (Lipinski definition) is 3. The molecule has 0 radical (unpaired) electrons. The van der Waals surface area contributed by atoms with Crippen molar-refractivity contribution in [3.8, 4) is 0 Å². The summed E-state index contributed by atoms with van der Waals surface area (Å²) in [5.41, 5.74) is 2.32. The Morgan fingerprint density at radius 1 is 1.29 bits per heavy atom. The Morgan fingerprint density at radius 2 is 2.00 bits per heavy atom. The summed E-state index contributed by atoms with van der Waals surface area (Å²) in [5.74, 6) is 0.103. The second kappa shape index (κ2) is 6.36. The van der Waals surface area contributed by atoms with Crippen LogP contribution in [0.5, 0.6) is 0 Å². The Hall–Kier alpha value is -1.07. The first-order valence-corrected chi connectivity index (χ1v) is 8.43. The van der Waals surface area contributed by atoms with Gasteiger partial charge in [-0.15, -0.1) is 0 Å². The second-order valence-electron chi connectivity index (χ2n) is 6.14. The maximum Gasteiger partial charge on any atom is 0.239 e. The highest BCUT2D eigenvalue weighted by atomic mass is 79.9. The van der Waals surface area contributed by atoms with Crippen LogP contribution in [0.2, 0.25) is 0 Å². The highest BCUT2D eigenvalue weighted by molar-refractivity contribution is 9.10. The lowest BCUT2D eigenvalue weighted by Crippen LogP contribution is -2.36. The lowest BCUT2D eigenvalue weighted by molar-refractivity contribution is -0.119. The summed E-state index contributed by atoms with van der Waals surface area (Å²) in [6, 6.07) is 7.49. The fourth-order valence-electron chi connectivity index (χ4n) is 2.32. The van der Waals surface area contributed by atoms with Crippen molar-refractivity contribution in [3.05, 3.63) is 28.2 Å². The molecule has 0 aliphatic heterocycles. The van der Waals surface area contributed by atoms with Crippen LogP contribution in [0.3, 0.4) is 0 Å². The second-order valence-corrected chi connectivity index (χ2v) is 6.99. The summed E-state index contributed by atoms with van der Waals surface area (Å²) in [6.45, 7) is 1.31. The largest absolute Gasteiger partial charge is 0.364 e. The lowest BCUT2D eigenvalue weighted by Gasteiger charge is -2.21. The Kier molecular flexibility index (Phi) is 4.50. The normalized spacial score (nSPS) is 17.6. The summed E-state index contributed by atoms with van der Waals surface area (Å²) < 4.78 is 1.04. The molecular weight excluding hydrogens is 330 g/mol. The summed E-state index contributed by atoms with van der Waals surface area (Å²) in [5, 5.41) is 6.53. The fourth-order valence-corrected chi connectivity index (χ4v) is 3.05. The first kappa shape index (κ1) is 14.9. The molecule has 1 aromatic rings. The predicted molar refractivity (Wildman–Crippen MR) is 88.4 cm³/mol. The highest BCUT2D eigenvalue weighted by Crippen LogP contribution is 2.27. The number of nitrogens with zero attached hydrogens (tertiary/aromatic N) is 1. The molecule has 2 N–H and O–H groups in total. The molecule has 0 saturated heterocycles. The number of carbonyl (C=O) groups excluding carboxylic acids is 1. The molecule has 4 nitrogen and oxygen atoms in total. The number of anilines is 1. The highest BCUT2D eigenvalue weighted by Gasteiger charge is 2.24. The van der Waals surface area contributed by atoms with Gasteiger partial charge in [-0.1, -0.05) is 6.07 Å². The number of carbonyl (C=O) groups is 1. The molecule has 21 heavy (non-hydrogen) atoms. The van der Waals surface area contributed by atoms with Crippen LogP contribution in [-0.4, -0.2) is 31.6 Å². The van der Waals surface area contributed by atoms with E-state index in [1.807, 2.05) is 11.9 Å². The predicted octanol–water partition coefficient (Wildman–Crippen LogP) is 2.42. The Balaban J connectivity index is 1.56. The molecule has 0 heterocycles. The van der Waals surface area contributed by atoms with Gasteiger partial charge in [0.1, 0.15) is 0 Å². The lowest BCUT2D eigenvalue weighted by atomic mass is 10.2. The number of rotatable bonds is 7. The van der Waals surface area contributed by atoms with E-state index in [-0.39, 0.29) is 5.91 Å². The van der Waals surface area contributed by atoms with Crippen molar-refractivity contribution in [1.82, 2.24) is 10.6 Å². The van der Waals surface area contributed by atoms with Crippen molar-refractivity contribution in [3.63, 3.8) is 0 Å². The molecule has 0 aromatic heterocycles. The number of hydrogen-bond donors (Lipinski definition) is 2. The molecular formula is C16H22BrN3O. The van der Waals surface area contributed by atoms with E-state index in [1.54, 1.807) is 0 Å². The maximum absolute atomic E-state index is 11.9. The number of benzene rings is 1. The van der Waals surface area contributed by atoms with Gasteiger partial charge < -0.3 is 15.5 Å². The number of likely N-dealkylation sites (N-methyl/N-ethyl adjacent to an activating group) is 1. The van der Waals surface area contributed by atoms with Crippen LogP contribution in [0.4, 0.5) is 5.69 Å². The molecule has 0 bridgehead atoms. The van der Waals surface area contributed by atoms with E-state index in [0.717, 1.165) is 35.6 Å². The molecule has 2 aliphatic rings. The van der Waals surface area contributed by atoms with Gasteiger partial charge in [-0.2, -0.15) is 0 Å².